The summed E-state index contributed by atoms with van der Waals surface area (Å²) in [5.74, 6) is 2.29. The van der Waals surface area contributed by atoms with Gasteiger partial charge in [0.15, 0.2) is 5.96 Å². The Morgan fingerprint density at radius 3 is 2.56 bits per heavy atom. The van der Waals surface area contributed by atoms with Crippen molar-refractivity contribution in [3.63, 3.8) is 0 Å². The monoisotopic (exact) mass is 489 g/mol. The fraction of sp³-hybridized carbons (Fsp3) is 0.667. The van der Waals surface area contributed by atoms with Crippen LogP contribution in [0.25, 0.3) is 0 Å². The summed E-state index contributed by atoms with van der Waals surface area (Å²) in [6.07, 6.45) is 4.97. The van der Waals surface area contributed by atoms with Crippen LogP contribution in [0.3, 0.4) is 0 Å². The average Bonchev–Trinajstić information content (AvgIpc) is 2.61. The van der Waals surface area contributed by atoms with E-state index in [2.05, 4.69) is 35.5 Å². The van der Waals surface area contributed by atoms with Crippen LogP contribution in [0, 0.1) is 11.3 Å². The first-order valence-electron chi connectivity index (χ1n) is 9.73. The highest BCUT2D eigenvalue weighted by Gasteiger charge is 2.36. The molecule has 1 fully saturated rings. The summed E-state index contributed by atoms with van der Waals surface area (Å²) in [5.41, 5.74) is 1.51. The molecule has 6 heteroatoms. The van der Waals surface area contributed by atoms with Crippen molar-refractivity contribution in [3.8, 4) is 5.75 Å². The number of para-hydroxylation sites is 1. The molecular weight excluding hydrogens is 453 g/mol. The third-order valence-electron chi connectivity index (χ3n) is 5.10. The largest absolute Gasteiger partial charge is 0.493 e. The molecule has 0 unspecified atom stereocenters. The minimum Gasteiger partial charge on any atom is -0.493 e. The Labute approximate surface area is 181 Å². The number of hydrogen-bond donors (Lipinski definition) is 2. The number of guanidine groups is 1. The minimum atomic E-state index is 0. The van der Waals surface area contributed by atoms with Gasteiger partial charge in [-0.2, -0.15) is 0 Å². The van der Waals surface area contributed by atoms with Gasteiger partial charge in [0.25, 0.3) is 0 Å². The van der Waals surface area contributed by atoms with Gasteiger partial charge in [-0.1, -0.05) is 38.5 Å². The van der Waals surface area contributed by atoms with Crippen LogP contribution in [0.2, 0.25) is 0 Å². The number of benzene rings is 1. The standard InChI is InChI=1S/C21H35N3O2.HI/c1-17(2)15-26-19-9-6-5-8-18(19)14-23-20(22-3)24-16-21(10-7-11-21)12-13-25-4;/h5-6,8-9,17H,7,10-16H2,1-4H3,(H2,22,23,24);1H. The molecule has 0 aromatic heterocycles. The molecule has 154 valence electrons. The molecule has 1 aromatic rings. The third-order valence-corrected chi connectivity index (χ3v) is 5.10. The van der Waals surface area contributed by atoms with Crippen LogP contribution in [0.4, 0.5) is 0 Å². The Balaban J connectivity index is 0.00000364. The lowest BCUT2D eigenvalue weighted by Gasteiger charge is -2.42. The first kappa shape index (κ1) is 24.0. The number of methoxy groups -OCH3 is 1. The van der Waals surface area contributed by atoms with Gasteiger partial charge in [-0.05, 0) is 36.7 Å². The predicted molar refractivity (Wildman–Crippen MR) is 123 cm³/mol. The fourth-order valence-corrected chi connectivity index (χ4v) is 3.23. The first-order valence-corrected chi connectivity index (χ1v) is 9.73. The minimum absolute atomic E-state index is 0. The lowest BCUT2D eigenvalue weighted by molar-refractivity contribution is 0.0732. The quantitative estimate of drug-likeness (QED) is 0.294. The van der Waals surface area contributed by atoms with E-state index in [4.69, 9.17) is 9.47 Å². The van der Waals surface area contributed by atoms with Gasteiger partial charge in [-0.15, -0.1) is 24.0 Å². The molecule has 0 saturated heterocycles. The molecule has 1 aromatic carbocycles. The molecule has 0 heterocycles. The number of aliphatic imine (C=N–C) groups is 1. The topological polar surface area (TPSA) is 54.9 Å². The summed E-state index contributed by atoms with van der Waals surface area (Å²) in [4.78, 5) is 4.37. The van der Waals surface area contributed by atoms with E-state index in [1.54, 1.807) is 7.11 Å². The molecule has 5 nitrogen and oxygen atoms in total. The van der Waals surface area contributed by atoms with Gasteiger partial charge in [0, 0.05) is 39.4 Å². The van der Waals surface area contributed by atoms with Gasteiger partial charge in [0.2, 0.25) is 0 Å². The molecule has 1 saturated carbocycles. The molecular formula is C21H36IN3O2. The van der Waals surface area contributed by atoms with Crippen molar-refractivity contribution in [1.29, 1.82) is 0 Å². The van der Waals surface area contributed by atoms with E-state index in [9.17, 15) is 0 Å². The van der Waals surface area contributed by atoms with Crippen LogP contribution < -0.4 is 15.4 Å². The van der Waals surface area contributed by atoms with Gasteiger partial charge in [0.05, 0.1) is 6.61 Å². The van der Waals surface area contributed by atoms with E-state index in [-0.39, 0.29) is 24.0 Å². The summed E-state index contributed by atoms with van der Waals surface area (Å²) in [6, 6.07) is 8.19. The zero-order valence-corrected chi connectivity index (χ0v) is 19.5. The fourth-order valence-electron chi connectivity index (χ4n) is 3.23. The Kier molecular flexibility index (Phi) is 11.1. The zero-order valence-electron chi connectivity index (χ0n) is 17.2. The van der Waals surface area contributed by atoms with Crippen LogP contribution in [0.1, 0.15) is 45.1 Å². The lowest BCUT2D eigenvalue weighted by Crippen LogP contribution is -2.46. The lowest BCUT2D eigenvalue weighted by atomic mass is 9.67. The number of nitrogens with one attached hydrogen (secondary N) is 2. The van der Waals surface area contributed by atoms with E-state index >= 15 is 0 Å². The van der Waals surface area contributed by atoms with Gasteiger partial charge >= 0.3 is 0 Å². The van der Waals surface area contributed by atoms with Crippen LogP contribution in [-0.4, -0.2) is 39.9 Å². The molecule has 0 amide bonds. The molecule has 2 rings (SSSR count). The Hall–Kier alpha value is -1.02. The van der Waals surface area contributed by atoms with Gasteiger partial charge in [-0.25, -0.2) is 0 Å². The van der Waals surface area contributed by atoms with Crippen LogP contribution in [0.15, 0.2) is 29.3 Å². The van der Waals surface area contributed by atoms with Crippen molar-refractivity contribution in [1.82, 2.24) is 10.6 Å². The highest BCUT2D eigenvalue weighted by Crippen LogP contribution is 2.43. The maximum Gasteiger partial charge on any atom is 0.191 e. The first-order chi connectivity index (χ1) is 12.6. The van der Waals surface area contributed by atoms with Gasteiger partial charge < -0.3 is 20.1 Å². The average molecular weight is 489 g/mol. The smallest absolute Gasteiger partial charge is 0.191 e. The number of nitrogens with zero attached hydrogens (tertiary/aromatic N) is 1. The Morgan fingerprint density at radius 1 is 1.22 bits per heavy atom. The Bertz CT molecular complexity index is 574. The second-order valence-electron chi connectivity index (χ2n) is 7.69. The van der Waals surface area contributed by atoms with Crippen molar-refractivity contribution in [3.05, 3.63) is 29.8 Å². The van der Waals surface area contributed by atoms with Crippen LogP contribution in [-0.2, 0) is 11.3 Å². The van der Waals surface area contributed by atoms with E-state index < -0.39 is 0 Å². The van der Waals surface area contributed by atoms with Crippen molar-refractivity contribution >= 4 is 29.9 Å². The molecule has 0 radical (unpaired) electrons. The summed E-state index contributed by atoms with van der Waals surface area (Å²) in [6.45, 7) is 7.51. The second-order valence-corrected chi connectivity index (χ2v) is 7.69. The van der Waals surface area contributed by atoms with Gasteiger partial charge in [0.1, 0.15) is 5.75 Å². The van der Waals surface area contributed by atoms with Gasteiger partial charge in [-0.3, -0.25) is 4.99 Å². The van der Waals surface area contributed by atoms with E-state index in [1.807, 2.05) is 25.2 Å². The molecule has 0 spiro atoms. The molecule has 0 aliphatic heterocycles. The molecule has 1 aliphatic carbocycles. The van der Waals surface area contributed by atoms with Crippen molar-refractivity contribution < 1.29 is 9.47 Å². The maximum absolute atomic E-state index is 5.94. The zero-order chi connectivity index (χ0) is 18.8. The molecule has 0 bridgehead atoms. The summed E-state index contributed by atoms with van der Waals surface area (Å²) in [5, 5.41) is 6.92. The van der Waals surface area contributed by atoms with Crippen molar-refractivity contribution in [2.45, 2.75) is 46.1 Å². The number of hydrogen-bond acceptors (Lipinski definition) is 3. The Morgan fingerprint density at radius 2 is 1.96 bits per heavy atom. The molecule has 2 N–H and O–H groups in total. The highest BCUT2D eigenvalue weighted by atomic mass is 127. The number of ether oxygens (including phenoxy) is 2. The number of halogens is 1. The second kappa shape index (κ2) is 12.4. The third kappa shape index (κ3) is 7.86. The van der Waals surface area contributed by atoms with Crippen molar-refractivity contribution in [2.24, 2.45) is 16.3 Å². The van der Waals surface area contributed by atoms with E-state index in [0.717, 1.165) is 43.5 Å². The molecule has 27 heavy (non-hydrogen) atoms. The molecule has 0 atom stereocenters. The van der Waals surface area contributed by atoms with E-state index in [1.165, 1.54) is 19.3 Å². The molecule has 1 aliphatic rings. The number of rotatable bonds is 10. The summed E-state index contributed by atoms with van der Waals surface area (Å²) < 4.78 is 11.2. The normalized spacial score (nSPS) is 15.7. The van der Waals surface area contributed by atoms with E-state index in [0.29, 0.717) is 17.9 Å². The summed E-state index contributed by atoms with van der Waals surface area (Å²) in [7, 11) is 3.60. The van der Waals surface area contributed by atoms with Crippen molar-refractivity contribution in [2.75, 3.05) is 33.9 Å². The van der Waals surface area contributed by atoms with Crippen LogP contribution >= 0.6 is 24.0 Å². The predicted octanol–water partition coefficient (Wildman–Crippen LogP) is 4.21. The maximum atomic E-state index is 5.94. The SMILES string of the molecule is CN=C(NCc1ccccc1OCC(C)C)NCC1(CCOC)CCC1.I. The highest BCUT2D eigenvalue weighted by molar-refractivity contribution is 14.0. The van der Waals surface area contributed by atoms with Crippen LogP contribution in [0.5, 0.6) is 5.75 Å². The summed E-state index contributed by atoms with van der Waals surface area (Å²) >= 11 is 0.